The van der Waals surface area contributed by atoms with Crippen molar-refractivity contribution in [3.63, 3.8) is 0 Å². The van der Waals surface area contributed by atoms with Crippen LogP contribution < -0.4 is 0 Å². The van der Waals surface area contributed by atoms with Crippen molar-refractivity contribution in [2.75, 3.05) is 6.61 Å². The molecule has 1 unspecified atom stereocenters. The summed E-state index contributed by atoms with van der Waals surface area (Å²) in [5, 5.41) is 23.9. The van der Waals surface area contributed by atoms with Gasteiger partial charge in [-0.3, -0.25) is 14.4 Å². The standard InChI is InChI=1S/C39H44O12/c1-20(40)48-27-17-26(42)38-19-47-34(45)35(27,3)25(38)16-28(50-30(43)12-11-22-9-7-6-8-10-22)37(5)32(38)31(44)33(49-21(2)41)36(4)24(23-13-14-46-18-23)15-29-39(36,37)51-29/h6-14,18,24-29,32-34,42,45H,15-17,19H2,1-5H3/b12-11+/t24-,25-,26-,27+,28+,29+,32-,33-,34?,35+,36+,37+,38+,39+/m0/s1. The Balaban J connectivity index is 1.32. The number of fused-ring (bicyclic) bond motifs is 1. The van der Waals surface area contributed by atoms with Crippen molar-refractivity contribution in [3.05, 3.63) is 66.1 Å². The van der Waals surface area contributed by atoms with E-state index >= 15 is 4.79 Å². The first-order chi connectivity index (χ1) is 24.2. The predicted molar refractivity (Wildman–Crippen MR) is 176 cm³/mol. The zero-order valence-corrected chi connectivity index (χ0v) is 29.3. The highest BCUT2D eigenvalue weighted by molar-refractivity contribution is 5.93. The number of ketones is 1. The van der Waals surface area contributed by atoms with E-state index in [1.54, 1.807) is 25.5 Å². The van der Waals surface area contributed by atoms with Gasteiger partial charge < -0.3 is 38.3 Å². The quantitative estimate of drug-likeness (QED) is 0.194. The van der Waals surface area contributed by atoms with E-state index in [-0.39, 0.29) is 25.4 Å². The third kappa shape index (κ3) is 4.27. The minimum absolute atomic E-state index is 0.0679. The summed E-state index contributed by atoms with van der Waals surface area (Å²) >= 11 is 0. The molecule has 51 heavy (non-hydrogen) atoms. The van der Waals surface area contributed by atoms with E-state index in [4.69, 9.17) is 28.1 Å². The number of hydrogen-bond acceptors (Lipinski definition) is 12. The maximum Gasteiger partial charge on any atom is 0.331 e. The highest BCUT2D eigenvalue weighted by atomic mass is 16.6. The molecule has 0 amide bonds. The van der Waals surface area contributed by atoms with Crippen LogP contribution in [-0.4, -0.2) is 82.9 Å². The molecule has 8 rings (SSSR count). The zero-order valence-electron chi connectivity index (χ0n) is 29.3. The fraction of sp³-hybridized carbons (Fsp3) is 0.590. The minimum atomic E-state index is -1.43. The zero-order chi connectivity index (χ0) is 36.3. The molecule has 1 aromatic heterocycles. The molecule has 14 atom stereocenters. The van der Waals surface area contributed by atoms with Crippen LogP contribution in [-0.2, 0) is 42.9 Å². The van der Waals surface area contributed by atoms with Crippen molar-refractivity contribution >= 4 is 29.8 Å². The summed E-state index contributed by atoms with van der Waals surface area (Å²) in [6.45, 7) is 7.83. The number of carbonyl (C=O) groups excluding carboxylic acids is 4. The lowest BCUT2D eigenvalue weighted by molar-refractivity contribution is -0.373. The lowest BCUT2D eigenvalue weighted by atomic mass is 9.33. The van der Waals surface area contributed by atoms with E-state index in [1.807, 2.05) is 50.2 Å². The maximum atomic E-state index is 15.6. The average Bonchev–Trinajstić information content (AvgIpc) is 3.44. The highest BCUT2D eigenvalue weighted by Crippen LogP contribution is 2.83. The summed E-state index contributed by atoms with van der Waals surface area (Å²) in [6.07, 6.45) is 0.314. The molecule has 4 saturated carbocycles. The molecule has 6 aliphatic rings. The highest BCUT2D eigenvalue weighted by Gasteiger charge is 2.93. The third-order valence-electron chi connectivity index (χ3n) is 14.0. The monoisotopic (exact) mass is 704 g/mol. The number of ether oxygens (including phenoxy) is 5. The Morgan fingerprint density at radius 1 is 0.902 bits per heavy atom. The van der Waals surface area contributed by atoms with E-state index in [9.17, 15) is 24.6 Å². The molecule has 0 radical (unpaired) electrons. The summed E-state index contributed by atoms with van der Waals surface area (Å²) in [5.41, 5.74) is -4.65. The molecule has 2 saturated heterocycles. The molecular formula is C39H44O12. The number of aliphatic hydroxyl groups excluding tert-OH is 2. The maximum absolute atomic E-state index is 15.6. The number of Topliss-reactive ketones (excluding diaryl/α,β-unsaturated/α-hetero) is 1. The molecule has 3 heterocycles. The molecule has 272 valence electrons. The van der Waals surface area contributed by atoms with Crippen LogP contribution >= 0.6 is 0 Å². The largest absolute Gasteiger partial charge is 0.472 e. The van der Waals surface area contributed by atoms with Crippen molar-refractivity contribution in [3.8, 4) is 0 Å². The summed E-state index contributed by atoms with van der Waals surface area (Å²) in [5.74, 6) is -4.55. The van der Waals surface area contributed by atoms with Gasteiger partial charge in [0.2, 0.25) is 0 Å². The molecule has 1 spiro atoms. The smallest absolute Gasteiger partial charge is 0.331 e. The van der Waals surface area contributed by atoms with Crippen LogP contribution in [0.25, 0.3) is 6.08 Å². The Morgan fingerprint density at radius 3 is 2.29 bits per heavy atom. The van der Waals surface area contributed by atoms with Crippen LogP contribution in [0.1, 0.15) is 70.9 Å². The summed E-state index contributed by atoms with van der Waals surface area (Å²) in [6, 6.07) is 11.1. The summed E-state index contributed by atoms with van der Waals surface area (Å²) in [4.78, 5) is 54.7. The molecular weight excluding hydrogens is 660 g/mol. The number of rotatable bonds is 6. The predicted octanol–water partition coefficient (Wildman–Crippen LogP) is 3.73. The number of esters is 3. The number of hydrogen-bond donors (Lipinski definition) is 2. The first-order valence-electron chi connectivity index (χ1n) is 17.7. The second kappa shape index (κ2) is 11.3. The number of epoxide rings is 1. The Hall–Kier alpha value is -3.84. The average molecular weight is 705 g/mol. The van der Waals surface area contributed by atoms with Crippen LogP contribution in [0.4, 0.5) is 0 Å². The molecule has 2 aromatic rings. The minimum Gasteiger partial charge on any atom is -0.472 e. The van der Waals surface area contributed by atoms with Crippen LogP contribution in [0.3, 0.4) is 0 Å². The van der Waals surface area contributed by atoms with E-state index in [2.05, 4.69) is 0 Å². The van der Waals surface area contributed by atoms with Crippen molar-refractivity contribution in [2.45, 2.75) is 102 Å². The molecule has 12 nitrogen and oxygen atoms in total. The Bertz CT molecular complexity index is 1790. The molecule has 4 aliphatic carbocycles. The van der Waals surface area contributed by atoms with Gasteiger partial charge in [-0.1, -0.05) is 51.1 Å². The van der Waals surface area contributed by atoms with Gasteiger partial charge in [0.25, 0.3) is 0 Å². The van der Waals surface area contributed by atoms with Crippen molar-refractivity contribution < 1.29 is 57.5 Å². The number of furan rings is 1. The molecule has 1 aromatic carbocycles. The molecule has 2 aliphatic heterocycles. The molecule has 2 N–H and O–H groups in total. The Labute approximate surface area is 295 Å². The SMILES string of the molecule is CC(=O)O[C@@H]1C[C@H](O)[C@@]23COC(O)[C@]1(C)[C@@H]2C[C@@H](OC(=O)/C=C/c1ccccc1)[C@]1(C)[C@@H]3C(=O)[C@H](OC(C)=O)[C@@]2(C)[C@H](c3ccoc3)C[C@H]3O[C@@]312. The molecule has 6 fully saturated rings. The van der Waals surface area contributed by atoms with Gasteiger partial charge in [0.05, 0.1) is 42.2 Å². The van der Waals surface area contributed by atoms with Gasteiger partial charge in [0, 0.05) is 49.0 Å². The fourth-order valence-corrected chi connectivity index (χ4v) is 12.0. The number of benzene rings is 1. The second-order valence-corrected chi connectivity index (χ2v) is 16.0. The number of aliphatic hydroxyl groups is 2. The summed E-state index contributed by atoms with van der Waals surface area (Å²) < 4.78 is 36.6. The van der Waals surface area contributed by atoms with Gasteiger partial charge >= 0.3 is 17.9 Å². The first kappa shape index (κ1) is 34.3. The third-order valence-corrected chi connectivity index (χ3v) is 14.0. The summed E-state index contributed by atoms with van der Waals surface area (Å²) in [7, 11) is 0. The van der Waals surface area contributed by atoms with Gasteiger partial charge in [-0.15, -0.1) is 0 Å². The van der Waals surface area contributed by atoms with Gasteiger partial charge in [0.15, 0.2) is 18.2 Å². The van der Waals surface area contributed by atoms with Crippen molar-refractivity contribution in [2.24, 2.45) is 33.5 Å². The second-order valence-electron chi connectivity index (χ2n) is 16.0. The molecule has 2 bridgehead atoms. The van der Waals surface area contributed by atoms with Gasteiger partial charge in [0.1, 0.15) is 17.8 Å². The van der Waals surface area contributed by atoms with Crippen LogP contribution in [0.15, 0.2) is 59.4 Å². The topological polar surface area (TPSA) is 171 Å². The fourth-order valence-electron chi connectivity index (χ4n) is 12.0. The lowest BCUT2D eigenvalue weighted by Gasteiger charge is -2.73. The molecule has 12 heteroatoms. The van der Waals surface area contributed by atoms with E-state index in [1.165, 1.54) is 19.9 Å². The van der Waals surface area contributed by atoms with Gasteiger partial charge in [-0.25, -0.2) is 4.79 Å². The van der Waals surface area contributed by atoms with E-state index in [0.29, 0.717) is 6.42 Å². The van der Waals surface area contributed by atoms with Crippen molar-refractivity contribution in [1.82, 2.24) is 0 Å². The van der Waals surface area contributed by atoms with Gasteiger partial charge in [-0.05, 0) is 42.0 Å². The van der Waals surface area contributed by atoms with E-state index < -0.39 is 99.6 Å². The Kier molecular flexibility index (Phi) is 7.61. The van der Waals surface area contributed by atoms with Gasteiger partial charge in [-0.2, -0.15) is 0 Å². The first-order valence-corrected chi connectivity index (χ1v) is 17.7. The van der Waals surface area contributed by atoms with Crippen molar-refractivity contribution in [1.29, 1.82) is 0 Å². The Morgan fingerprint density at radius 2 is 1.63 bits per heavy atom. The van der Waals surface area contributed by atoms with Crippen LogP contribution in [0.2, 0.25) is 0 Å². The van der Waals surface area contributed by atoms with E-state index in [0.717, 1.165) is 11.1 Å². The van der Waals surface area contributed by atoms with Crippen LogP contribution in [0.5, 0.6) is 0 Å². The number of carbonyl (C=O) groups is 4. The normalized spacial score (nSPS) is 46.3. The lowest BCUT2D eigenvalue weighted by Crippen LogP contribution is -2.82. The van der Waals surface area contributed by atoms with Crippen LogP contribution in [0, 0.1) is 33.5 Å².